The van der Waals surface area contributed by atoms with Gasteiger partial charge < -0.3 is 0 Å². The highest BCUT2D eigenvalue weighted by Crippen LogP contribution is 2.27. The Morgan fingerprint density at radius 1 is 1.52 bits per heavy atom. The summed E-state index contributed by atoms with van der Waals surface area (Å²) in [6, 6.07) is 2.60. The van der Waals surface area contributed by atoms with Crippen molar-refractivity contribution >= 4 is 11.8 Å². The van der Waals surface area contributed by atoms with Crippen molar-refractivity contribution in [3.8, 4) is 6.07 Å². The van der Waals surface area contributed by atoms with E-state index in [2.05, 4.69) is 28.5 Å². The molecule has 21 heavy (non-hydrogen) atoms. The molecule has 0 radical (unpaired) electrons. The summed E-state index contributed by atoms with van der Waals surface area (Å²) in [5, 5.41) is 20.1. The molecule has 0 amide bonds. The van der Waals surface area contributed by atoms with Gasteiger partial charge in [-0.05, 0) is 33.6 Å². The van der Waals surface area contributed by atoms with Crippen LogP contribution in [0, 0.1) is 11.3 Å². The molecule has 2 N–H and O–H groups in total. The number of nitriles is 1. The summed E-state index contributed by atoms with van der Waals surface area (Å²) in [6.07, 6.45) is 1.56. The number of thioether (sulfide) groups is 1. The molecule has 1 aromatic heterocycles. The maximum Gasteiger partial charge on any atom is 0.343 e. The summed E-state index contributed by atoms with van der Waals surface area (Å²) in [5.41, 5.74) is -0.748. The van der Waals surface area contributed by atoms with E-state index in [1.54, 1.807) is 4.57 Å². The Labute approximate surface area is 130 Å². The average Bonchev–Trinajstić information content (AvgIpc) is 2.70. The zero-order valence-corrected chi connectivity index (χ0v) is 14.3. The summed E-state index contributed by atoms with van der Waals surface area (Å²) >= 11 is 1.53. The van der Waals surface area contributed by atoms with Gasteiger partial charge >= 0.3 is 5.69 Å². The highest BCUT2D eigenvalue weighted by atomic mass is 32.2. The Bertz CT molecular complexity index is 544. The third-order valence-corrected chi connectivity index (χ3v) is 4.12. The molecule has 6 nitrogen and oxygen atoms in total. The zero-order chi connectivity index (χ0) is 16.0. The number of aromatic amines is 1. The van der Waals surface area contributed by atoms with Crippen molar-refractivity contribution in [3.05, 3.63) is 10.5 Å². The second-order valence-electron chi connectivity index (χ2n) is 5.84. The van der Waals surface area contributed by atoms with Gasteiger partial charge in [0.05, 0.1) is 6.07 Å². The number of H-pyrrole nitrogens is 1. The van der Waals surface area contributed by atoms with Gasteiger partial charge in [-0.2, -0.15) is 5.26 Å². The van der Waals surface area contributed by atoms with Crippen LogP contribution >= 0.6 is 11.8 Å². The van der Waals surface area contributed by atoms with Crippen molar-refractivity contribution in [1.82, 2.24) is 20.1 Å². The molecule has 2 atom stereocenters. The van der Waals surface area contributed by atoms with Crippen molar-refractivity contribution in [2.75, 3.05) is 0 Å². The molecular weight excluding hydrogens is 286 g/mol. The van der Waals surface area contributed by atoms with Crippen LogP contribution in [0.1, 0.15) is 47.5 Å². The molecule has 1 rings (SSSR count). The quantitative estimate of drug-likeness (QED) is 0.718. The van der Waals surface area contributed by atoms with Gasteiger partial charge in [0.25, 0.3) is 0 Å². The maximum atomic E-state index is 11.7. The minimum absolute atomic E-state index is 0.171. The van der Waals surface area contributed by atoms with Gasteiger partial charge in [0.15, 0.2) is 5.16 Å². The van der Waals surface area contributed by atoms with E-state index in [4.69, 9.17) is 0 Å². The Hall–Kier alpha value is -1.26. The molecule has 0 aliphatic rings. The van der Waals surface area contributed by atoms with Crippen LogP contribution in [-0.2, 0) is 6.54 Å². The molecular formula is C14H25N5OS. The van der Waals surface area contributed by atoms with Crippen LogP contribution in [0.15, 0.2) is 9.95 Å². The highest BCUT2D eigenvalue weighted by Gasteiger charge is 2.28. The van der Waals surface area contributed by atoms with Gasteiger partial charge in [-0.1, -0.05) is 25.6 Å². The van der Waals surface area contributed by atoms with Crippen molar-refractivity contribution in [2.45, 2.75) is 76.0 Å². The van der Waals surface area contributed by atoms with Crippen LogP contribution in [-0.4, -0.2) is 31.6 Å². The van der Waals surface area contributed by atoms with E-state index in [9.17, 15) is 10.1 Å². The monoisotopic (exact) mass is 311 g/mol. The van der Waals surface area contributed by atoms with Crippen LogP contribution < -0.4 is 11.0 Å². The lowest BCUT2D eigenvalue weighted by Crippen LogP contribution is -2.46. The number of nitrogens with zero attached hydrogens (tertiary/aromatic N) is 3. The molecule has 0 aliphatic heterocycles. The van der Waals surface area contributed by atoms with Crippen LogP contribution in [0.5, 0.6) is 0 Å². The fourth-order valence-corrected chi connectivity index (χ4v) is 3.56. The highest BCUT2D eigenvalue weighted by molar-refractivity contribution is 7.99. The van der Waals surface area contributed by atoms with E-state index in [1.165, 1.54) is 11.8 Å². The first-order valence-electron chi connectivity index (χ1n) is 7.32. The van der Waals surface area contributed by atoms with Gasteiger partial charge in [-0.15, -0.1) is 5.10 Å². The number of nitrogens with one attached hydrogen (secondary N) is 2. The predicted molar refractivity (Wildman–Crippen MR) is 85.4 cm³/mol. The second-order valence-corrected chi connectivity index (χ2v) is 7.24. The fourth-order valence-electron chi connectivity index (χ4n) is 2.38. The normalized spacial score (nSPS) is 15.7. The van der Waals surface area contributed by atoms with Gasteiger partial charge in [0, 0.05) is 17.8 Å². The first-order valence-corrected chi connectivity index (χ1v) is 8.20. The molecule has 0 spiro atoms. The van der Waals surface area contributed by atoms with Crippen LogP contribution in [0.25, 0.3) is 0 Å². The molecule has 7 heteroatoms. The lowest BCUT2D eigenvalue weighted by molar-refractivity contribution is 0.382. The molecule has 0 aliphatic carbocycles. The van der Waals surface area contributed by atoms with Crippen molar-refractivity contribution in [2.24, 2.45) is 0 Å². The van der Waals surface area contributed by atoms with E-state index in [0.29, 0.717) is 18.1 Å². The molecule has 0 saturated carbocycles. The van der Waals surface area contributed by atoms with Crippen LogP contribution in [0.4, 0.5) is 0 Å². The topological polar surface area (TPSA) is 86.5 Å². The fraction of sp³-hybridized carbons (Fsp3) is 0.786. The zero-order valence-electron chi connectivity index (χ0n) is 13.4. The first kappa shape index (κ1) is 17.8. The lowest BCUT2D eigenvalue weighted by Gasteiger charge is -2.28. The summed E-state index contributed by atoms with van der Waals surface area (Å²) in [7, 11) is 0. The average molecular weight is 311 g/mol. The lowest BCUT2D eigenvalue weighted by atomic mass is 9.97. The third-order valence-electron chi connectivity index (χ3n) is 3.03. The predicted octanol–water partition coefficient (Wildman–Crippen LogP) is 2.13. The molecule has 0 fully saturated rings. The summed E-state index contributed by atoms with van der Waals surface area (Å²) < 4.78 is 1.65. The number of hydrogen-bond acceptors (Lipinski definition) is 5. The van der Waals surface area contributed by atoms with Gasteiger partial charge in [-0.25, -0.2) is 9.89 Å². The molecule has 0 bridgehead atoms. The SMILES string of the molecule is CCCn1c(SC(C)CC(C)(C#N)NC(C)C)n[nH]c1=O. The number of rotatable bonds is 8. The Kier molecular flexibility index (Phi) is 6.49. The largest absolute Gasteiger partial charge is 0.343 e. The third kappa shape index (κ3) is 5.21. The molecule has 118 valence electrons. The summed E-state index contributed by atoms with van der Waals surface area (Å²) in [4.78, 5) is 11.7. The number of aromatic nitrogens is 3. The van der Waals surface area contributed by atoms with Crippen LogP contribution in [0.2, 0.25) is 0 Å². The van der Waals surface area contributed by atoms with Gasteiger partial charge in [0.1, 0.15) is 5.54 Å². The molecule has 0 aromatic carbocycles. The first-order chi connectivity index (χ1) is 9.81. The van der Waals surface area contributed by atoms with E-state index < -0.39 is 5.54 Å². The second kappa shape index (κ2) is 7.66. The molecule has 0 saturated heterocycles. The minimum atomic E-state index is -0.577. The van der Waals surface area contributed by atoms with E-state index in [-0.39, 0.29) is 17.0 Å². The van der Waals surface area contributed by atoms with Crippen molar-refractivity contribution < 1.29 is 0 Å². The minimum Gasteiger partial charge on any atom is -0.297 e. The standard InChI is InChI=1S/C14H25N5OS/c1-6-7-19-12(20)17-18-13(19)21-11(4)8-14(5,9-15)16-10(2)3/h10-11,16H,6-8H2,1-5H3,(H,17,20). The Morgan fingerprint density at radius 3 is 2.71 bits per heavy atom. The number of hydrogen-bond donors (Lipinski definition) is 2. The molecule has 1 aromatic rings. The summed E-state index contributed by atoms with van der Waals surface area (Å²) in [5.74, 6) is 0. The smallest absolute Gasteiger partial charge is 0.297 e. The van der Waals surface area contributed by atoms with Crippen molar-refractivity contribution in [3.63, 3.8) is 0 Å². The van der Waals surface area contributed by atoms with E-state index in [0.717, 1.165) is 6.42 Å². The Balaban J connectivity index is 2.75. The molecule has 1 heterocycles. The molecule has 2 unspecified atom stereocenters. The van der Waals surface area contributed by atoms with Gasteiger partial charge in [0.2, 0.25) is 0 Å². The van der Waals surface area contributed by atoms with Crippen molar-refractivity contribution in [1.29, 1.82) is 5.26 Å². The van der Waals surface area contributed by atoms with Crippen LogP contribution in [0.3, 0.4) is 0 Å². The van der Waals surface area contributed by atoms with E-state index >= 15 is 0 Å². The van der Waals surface area contributed by atoms with E-state index in [1.807, 2.05) is 27.7 Å². The maximum absolute atomic E-state index is 11.7. The van der Waals surface area contributed by atoms with Gasteiger partial charge in [-0.3, -0.25) is 9.88 Å². The summed E-state index contributed by atoms with van der Waals surface area (Å²) in [6.45, 7) is 10.7. The Morgan fingerprint density at radius 2 is 2.19 bits per heavy atom.